The van der Waals surface area contributed by atoms with Crippen LogP contribution >= 0.6 is 12.4 Å². The molecule has 0 aliphatic carbocycles. The molecule has 1 fully saturated rings. The quantitative estimate of drug-likeness (QED) is 0.907. The second kappa shape index (κ2) is 6.92. The van der Waals surface area contributed by atoms with Gasteiger partial charge in [0.1, 0.15) is 0 Å². The van der Waals surface area contributed by atoms with E-state index in [1.54, 1.807) is 0 Å². The lowest BCUT2D eigenvalue weighted by Gasteiger charge is -2.38. The van der Waals surface area contributed by atoms with E-state index in [4.69, 9.17) is 5.73 Å². The van der Waals surface area contributed by atoms with E-state index >= 15 is 0 Å². The average Bonchev–Trinajstić information content (AvgIpc) is 2.38. The number of nitrogens with two attached hydrogens (primary N) is 1. The van der Waals surface area contributed by atoms with Crippen LogP contribution in [0.5, 0.6) is 0 Å². The summed E-state index contributed by atoms with van der Waals surface area (Å²) in [7, 11) is 0. The van der Waals surface area contributed by atoms with E-state index < -0.39 is 0 Å². The Labute approximate surface area is 121 Å². The average molecular weight is 283 g/mol. The van der Waals surface area contributed by atoms with Crippen molar-refractivity contribution in [1.29, 1.82) is 0 Å². The Hall–Kier alpha value is -1.06. The monoisotopic (exact) mass is 282 g/mol. The molecular formula is C15H23ClN2O. The summed E-state index contributed by atoms with van der Waals surface area (Å²) < 4.78 is 0. The number of aryl methyl sites for hydroxylation is 1. The molecule has 2 N–H and O–H groups in total. The first-order valence-corrected chi connectivity index (χ1v) is 6.73. The second-order valence-electron chi connectivity index (χ2n) is 5.29. The van der Waals surface area contributed by atoms with Crippen molar-refractivity contribution in [3.05, 3.63) is 35.4 Å². The zero-order valence-corrected chi connectivity index (χ0v) is 12.5. The highest BCUT2D eigenvalue weighted by atomic mass is 35.5. The van der Waals surface area contributed by atoms with Gasteiger partial charge in [0.2, 0.25) is 0 Å². The van der Waals surface area contributed by atoms with Gasteiger partial charge in [-0.25, -0.2) is 0 Å². The number of hydrogen-bond donors (Lipinski definition) is 1. The molecule has 2 atom stereocenters. The molecule has 1 amide bonds. The van der Waals surface area contributed by atoms with Crippen molar-refractivity contribution in [2.24, 2.45) is 5.73 Å². The van der Waals surface area contributed by atoms with Gasteiger partial charge in [-0.05, 0) is 45.2 Å². The molecule has 2 unspecified atom stereocenters. The molecule has 0 saturated carbocycles. The van der Waals surface area contributed by atoms with Crippen LogP contribution in [0.4, 0.5) is 0 Å². The Balaban J connectivity index is 0.00000180. The van der Waals surface area contributed by atoms with E-state index in [2.05, 4.69) is 0 Å². The Bertz CT molecular complexity index is 434. The summed E-state index contributed by atoms with van der Waals surface area (Å²) >= 11 is 0. The van der Waals surface area contributed by atoms with E-state index in [1.807, 2.05) is 43.0 Å². The molecule has 1 saturated heterocycles. The van der Waals surface area contributed by atoms with Gasteiger partial charge < -0.3 is 10.6 Å². The summed E-state index contributed by atoms with van der Waals surface area (Å²) in [5.41, 5.74) is 7.91. The van der Waals surface area contributed by atoms with Crippen molar-refractivity contribution >= 4 is 18.3 Å². The standard InChI is InChI=1S/C15H22N2O.ClH/c1-11-6-5-7-13(10-11)15(18)17-9-4-3-8-14(17)12(2)16;/h5-7,10,12,14H,3-4,8-9,16H2,1-2H3;1H. The van der Waals surface area contributed by atoms with Crippen LogP contribution < -0.4 is 5.73 Å². The largest absolute Gasteiger partial charge is 0.334 e. The number of amides is 1. The maximum atomic E-state index is 12.5. The van der Waals surface area contributed by atoms with Crippen molar-refractivity contribution in [2.75, 3.05) is 6.54 Å². The van der Waals surface area contributed by atoms with Gasteiger partial charge in [0.15, 0.2) is 0 Å². The number of benzene rings is 1. The molecule has 1 aromatic rings. The van der Waals surface area contributed by atoms with Gasteiger partial charge in [-0.15, -0.1) is 12.4 Å². The van der Waals surface area contributed by atoms with E-state index in [0.29, 0.717) is 0 Å². The third-order valence-electron chi connectivity index (χ3n) is 3.68. The summed E-state index contributed by atoms with van der Waals surface area (Å²) in [4.78, 5) is 14.5. The smallest absolute Gasteiger partial charge is 0.254 e. The zero-order chi connectivity index (χ0) is 13.1. The highest BCUT2D eigenvalue weighted by molar-refractivity contribution is 5.94. The van der Waals surface area contributed by atoms with Crippen LogP contribution in [0.3, 0.4) is 0 Å². The zero-order valence-electron chi connectivity index (χ0n) is 11.6. The van der Waals surface area contributed by atoms with Crippen molar-refractivity contribution in [3.8, 4) is 0 Å². The molecule has 1 heterocycles. The Kier molecular flexibility index (Phi) is 5.83. The lowest BCUT2D eigenvalue weighted by molar-refractivity contribution is 0.0583. The van der Waals surface area contributed by atoms with Crippen molar-refractivity contribution in [2.45, 2.75) is 45.2 Å². The Morgan fingerprint density at radius 3 is 2.79 bits per heavy atom. The normalized spacial score (nSPS) is 20.6. The fourth-order valence-electron chi connectivity index (χ4n) is 2.70. The number of rotatable bonds is 2. The maximum Gasteiger partial charge on any atom is 0.254 e. The molecule has 19 heavy (non-hydrogen) atoms. The third-order valence-corrected chi connectivity index (χ3v) is 3.68. The van der Waals surface area contributed by atoms with E-state index in [1.165, 1.54) is 6.42 Å². The second-order valence-corrected chi connectivity index (χ2v) is 5.29. The third kappa shape index (κ3) is 3.71. The molecule has 0 spiro atoms. The van der Waals surface area contributed by atoms with Crippen LogP contribution in [0.15, 0.2) is 24.3 Å². The number of nitrogens with zero attached hydrogens (tertiary/aromatic N) is 1. The molecule has 106 valence electrons. The molecule has 0 aromatic heterocycles. The van der Waals surface area contributed by atoms with Crippen LogP contribution in [0, 0.1) is 6.92 Å². The lowest BCUT2D eigenvalue weighted by atomic mass is 9.96. The number of halogens is 1. The molecule has 4 heteroatoms. The first kappa shape index (κ1) is 16.0. The van der Waals surface area contributed by atoms with E-state index in [-0.39, 0.29) is 30.4 Å². The van der Waals surface area contributed by atoms with Gasteiger partial charge in [-0.2, -0.15) is 0 Å². The SMILES string of the molecule is Cc1cccc(C(=O)N2CCCCC2C(C)N)c1.Cl. The highest BCUT2D eigenvalue weighted by Crippen LogP contribution is 2.21. The first-order chi connectivity index (χ1) is 8.59. The maximum absolute atomic E-state index is 12.5. The fourth-order valence-corrected chi connectivity index (χ4v) is 2.70. The van der Waals surface area contributed by atoms with Gasteiger partial charge in [-0.3, -0.25) is 4.79 Å². The molecule has 2 rings (SSSR count). The topological polar surface area (TPSA) is 46.3 Å². The fraction of sp³-hybridized carbons (Fsp3) is 0.533. The predicted octanol–water partition coefficient (Wildman–Crippen LogP) is 2.76. The Morgan fingerprint density at radius 2 is 2.16 bits per heavy atom. The van der Waals surface area contributed by atoms with Crippen molar-refractivity contribution in [1.82, 2.24) is 4.90 Å². The molecule has 1 aliphatic rings. The van der Waals surface area contributed by atoms with Gasteiger partial charge in [0.25, 0.3) is 5.91 Å². The Morgan fingerprint density at radius 1 is 1.42 bits per heavy atom. The lowest BCUT2D eigenvalue weighted by Crippen LogP contribution is -2.51. The van der Waals surface area contributed by atoms with Crippen molar-refractivity contribution in [3.63, 3.8) is 0 Å². The number of carbonyl (C=O) groups excluding carboxylic acids is 1. The minimum atomic E-state index is 0. The van der Waals surface area contributed by atoms with Gasteiger partial charge in [0.05, 0.1) is 0 Å². The molecule has 0 bridgehead atoms. The number of hydrogen-bond acceptors (Lipinski definition) is 2. The number of likely N-dealkylation sites (tertiary alicyclic amines) is 1. The van der Waals surface area contributed by atoms with Crippen LogP contribution in [0.2, 0.25) is 0 Å². The summed E-state index contributed by atoms with van der Waals surface area (Å²) in [6.45, 7) is 4.83. The van der Waals surface area contributed by atoms with Crippen LogP contribution in [0.25, 0.3) is 0 Å². The summed E-state index contributed by atoms with van der Waals surface area (Å²) in [5.74, 6) is 0.126. The minimum Gasteiger partial charge on any atom is -0.334 e. The van der Waals surface area contributed by atoms with Crippen LogP contribution in [-0.4, -0.2) is 29.4 Å². The predicted molar refractivity (Wildman–Crippen MR) is 80.8 cm³/mol. The minimum absolute atomic E-state index is 0. The molecule has 1 aliphatic heterocycles. The van der Waals surface area contributed by atoms with E-state index in [9.17, 15) is 4.79 Å². The van der Waals surface area contributed by atoms with Gasteiger partial charge in [0, 0.05) is 24.2 Å². The number of piperidine rings is 1. The molecular weight excluding hydrogens is 260 g/mol. The van der Waals surface area contributed by atoms with Crippen LogP contribution in [-0.2, 0) is 0 Å². The van der Waals surface area contributed by atoms with Crippen LogP contribution in [0.1, 0.15) is 42.1 Å². The summed E-state index contributed by atoms with van der Waals surface area (Å²) in [6, 6.07) is 8.02. The number of carbonyl (C=O) groups is 1. The first-order valence-electron chi connectivity index (χ1n) is 6.73. The summed E-state index contributed by atoms with van der Waals surface area (Å²) in [5, 5.41) is 0. The highest BCUT2D eigenvalue weighted by Gasteiger charge is 2.29. The molecule has 0 radical (unpaired) electrons. The summed E-state index contributed by atoms with van der Waals surface area (Å²) in [6.07, 6.45) is 3.28. The van der Waals surface area contributed by atoms with Crippen molar-refractivity contribution < 1.29 is 4.79 Å². The van der Waals surface area contributed by atoms with Gasteiger partial charge in [-0.1, -0.05) is 17.7 Å². The van der Waals surface area contributed by atoms with Gasteiger partial charge >= 0.3 is 0 Å². The molecule has 3 nitrogen and oxygen atoms in total. The van der Waals surface area contributed by atoms with E-state index in [0.717, 1.165) is 30.5 Å². The molecule has 1 aromatic carbocycles.